The van der Waals surface area contributed by atoms with Crippen molar-refractivity contribution >= 4 is 17.3 Å². The lowest BCUT2D eigenvalue weighted by molar-refractivity contribution is -0.135. The van der Waals surface area contributed by atoms with Crippen LogP contribution < -0.4 is 0 Å². The molecule has 1 N–H and O–H groups in total. The zero-order valence-corrected chi connectivity index (χ0v) is 14.1. The molecule has 4 aliphatic carbocycles. The Hall–Kier alpha value is -1.39. The highest BCUT2D eigenvalue weighted by Gasteiger charge is 2.63. The number of hydrogen-bond acceptors (Lipinski definition) is 3. The maximum Gasteiger partial charge on any atom is 0.234 e. The second-order valence-electron chi connectivity index (χ2n) is 8.63. The van der Waals surface area contributed by atoms with Crippen LogP contribution in [0.1, 0.15) is 46.0 Å². The van der Waals surface area contributed by atoms with Crippen LogP contribution in [0.25, 0.3) is 0 Å². The van der Waals surface area contributed by atoms with E-state index in [4.69, 9.17) is 5.41 Å². The van der Waals surface area contributed by atoms with E-state index >= 15 is 4.39 Å². The molecular formula is C19H23F2NO2. The molecule has 3 saturated carbocycles. The van der Waals surface area contributed by atoms with Crippen LogP contribution in [-0.2, 0) is 9.59 Å². The summed E-state index contributed by atoms with van der Waals surface area (Å²) in [6.45, 7) is 3.81. The first-order valence-electron chi connectivity index (χ1n) is 8.89. The number of nitrogens with one attached hydrogen (secondary N) is 1. The molecular weight excluding hydrogens is 312 g/mol. The van der Waals surface area contributed by atoms with Crippen molar-refractivity contribution in [2.75, 3.05) is 0 Å². The summed E-state index contributed by atoms with van der Waals surface area (Å²) >= 11 is 0. The van der Waals surface area contributed by atoms with Crippen LogP contribution >= 0.6 is 0 Å². The van der Waals surface area contributed by atoms with Crippen molar-refractivity contribution in [1.29, 1.82) is 5.41 Å². The predicted molar refractivity (Wildman–Crippen MR) is 85.1 cm³/mol. The van der Waals surface area contributed by atoms with Crippen molar-refractivity contribution in [2.24, 2.45) is 34.5 Å². The van der Waals surface area contributed by atoms with E-state index in [9.17, 15) is 14.0 Å². The fourth-order valence-electron chi connectivity index (χ4n) is 6.47. The molecule has 0 amide bonds. The Morgan fingerprint density at radius 1 is 1.21 bits per heavy atom. The first-order valence-corrected chi connectivity index (χ1v) is 8.89. The number of alkyl halides is 1. The fourth-order valence-corrected chi connectivity index (χ4v) is 6.47. The molecule has 7 atom stereocenters. The van der Waals surface area contributed by atoms with E-state index in [1.54, 1.807) is 6.92 Å². The zero-order valence-electron chi connectivity index (χ0n) is 14.1. The Balaban J connectivity index is 1.79. The van der Waals surface area contributed by atoms with Crippen molar-refractivity contribution in [2.45, 2.75) is 52.1 Å². The first kappa shape index (κ1) is 16.1. The topological polar surface area (TPSA) is 58.0 Å². The molecule has 24 heavy (non-hydrogen) atoms. The molecule has 0 heterocycles. The van der Waals surface area contributed by atoms with Gasteiger partial charge in [0.05, 0.1) is 5.71 Å². The normalized spacial score (nSPS) is 50.9. The molecule has 0 bridgehead atoms. The van der Waals surface area contributed by atoms with Crippen molar-refractivity contribution < 1.29 is 18.4 Å². The number of halogens is 2. The number of carbonyl (C=O) groups excluding carboxylic acids is 2. The van der Waals surface area contributed by atoms with Gasteiger partial charge < -0.3 is 5.41 Å². The van der Waals surface area contributed by atoms with Crippen molar-refractivity contribution in [3.63, 3.8) is 0 Å². The largest absolute Gasteiger partial charge is 0.301 e. The third-order valence-corrected chi connectivity index (χ3v) is 7.68. The Labute approximate surface area is 140 Å². The Bertz CT molecular complexity index is 687. The van der Waals surface area contributed by atoms with Crippen LogP contribution in [0.15, 0.2) is 11.9 Å². The molecule has 130 valence electrons. The number of rotatable bonds is 0. The summed E-state index contributed by atoms with van der Waals surface area (Å²) in [6.07, 6.45) is 3.06. The van der Waals surface area contributed by atoms with E-state index in [1.807, 2.05) is 6.92 Å². The smallest absolute Gasteiger partial charge is 0.234 e. The van der Waals surface area contributed by atoms with Gasteiger partial charge in [-0.1, -0.05) is 13.8 Å². The van der Waals surface area contributed by atoms with E-state index < -0.39 is 34.8 Å². The summed E-state index contributed by atoms with van der Waals surface area (Å²) in [6, 6.07) is 0. The van der Waals surface area contributed by atoms with Crippen LogP contribution in [0, 0.1) is 39.9 Å². The van der Waals surface area contributed by atoms with Crippen LogP contribution in [-0.4, -0.2) is 23.4 Å². The monoisotopic (exact) mass is 335 g/mol. The van der Waals surface area contributed by atoms with E-state index in [-0.39, 0.29) is 35.4 Å². The Morgan fingerprint density at radius 3 is 2.62 bits per heavy atom. The molecule has 0 aromatic rings. The number of ketones is 2. The quantitative estimate of drug-likeness (QED) is 0.731. The summed E-state index contributed by atoms with van der Waals surface area (Å²) < 4.78 is 29.2. The molecule has 0 saturated heterocycles. The van der Waals surface area contributed by atoms with Crippen molar-refractivity contribution in [3.8, 4) is 0 Å². The van der Waals surface area contributed by atoms with Crippen LogP contribution in [0.4, 0.5) is 8.78 Å². The number of hydrogen-bond donors (Lipinski definition) is 1. The maximum atomic E-state index is 15.0. The number of fused-ring (bicyclic) bond motifs is 5. The molecule has 4 rings (SSSR count). The van der Waals surface area contributed by atoms with Crippen LogP contribution in [0.5, 0.6) is 0 Å². The van der Waals surface area contributed by atoms with Gasteiger partial charge in [-0.3, -0.25) is 9.59 Å². The van der Waals surface area contributed by atoms with Gasteiger partial charge in [-0.05, 0) is 49.5 Å². The third kappa shape index (κ3) is 1.79. The van der Waals surface area contributed by atoms with Gasteiger partial charge in [0.1, 0.15) is 12.0 Å². The molecule has 4 aliphatic rings. The standard InChI is InChI=1S/C19H23F2NO2/c1-18-6-5-11-9(10(18)3-4-14(18)23)7-12(20)15-16(22)17(24)13(21)8-19(11,15)2/h8-12,15,22H,3-7H2,1-2H3/t9-,10-,11-,12+,15?,18-,19+/m0/s1. The Kier molecular flexibility index (Phi) is 3.24. The SMILES string of the molecule is C[C@]12C=C(F)C(=O)C(=N)C1[C@H](F)C[C@@H]1[C@@H]2CC[C@]2(C)C(=O)CC[C@@H]12. The number of Topliss-reactive ketones (excluding diaryl/α,β-unsaturated/α-hetero) is 2. The molecule has 3 fully saturated rings. The minimum atomic E-state index is -1.32. The van der Waals surface area contributed by atoms with Crippen LogP contribution in [0.3, 0.4) is 0 Å². The van der Waals surface area contributed by atoms with Gasteiger partial charge in [-0.15, -0.1) is 0 Å². The Morgan fingerprint density at radius 2 is 1.92 bits per heavy atom. The maximum absolute atomic E-state index is 15.0. The highest BCUT2D eigenvalue weighted by molar-refractivity contribution is 6.45. The van der Waals surface area contributed by atoms with Crippen LogP contribution in [0.2, 0.25) is 0 Å². The van der Waals surface area contributed by atoms with Gasteiger partial charge in [0.25, 0.3) is 0 Å². The van der Waals surface area contributed by atoms with Gasteiger partial charge in [0, 0.05) is 23.2 Å². The first-order chi connectivity index (χ1) is 11.2. The van der Waals surface area contributed by atoms with Gasteiger partial charge in [-0.25, -0.2) is 8.78 Å². The lowest BCUT2D eigenvalue weighted by atomic mass is 9.45. The van der Waals surface area contributed by atoms with E-state index in [0.29, 0.717) is 6.42 Å². The molecule has 0 aromatic carbocycles. The summed E-state index contributed by atoms with van der Waals surface area (Å²) in [4.78, 5) is 24.2. The van der Waals surface area contributed by atoms with Gasteiger partial charge in [0.15, 0.2) is 5.83 Å². The van der Waals surface area contributed by atoms with E-state index in [1.165, 1.54) is 6.08 Å². The zero-order chi connectivity index (χ0) is 17.4. The predicted octanol–water partition coefficient (Wildman–Crippen LogP) is 3.82. The summed E-state index contributed by atoms with van der Waals surface area (Å²) in [7, 11) is 0. The summed E-state index contributed by atoms with van der Waals surface area (Å²) in [5.41, 5.74) is -1.63. The minimum absolute atomic E-state index is 0.0245. The lowest BCUT2D eigenvalue weighted by Crippen LogP contribution is -2.58. The average molecular weight is 335 g/mol. The molecule has 3 nitrogen and oxygen atoms in total. The number of carbonyl (C=O) groups is 2. The molecule has 0 aliphatic heterocycles. The molecule has 1 unspecified atom stereocenters. The molecule has 0 spiro atoms. The highest BCUT2D eigenvalue weighted by atomic mass is 19.1. The molecule has 0 radical (unpaired) electrons. The average Bonchev–Trinajstić information content (AvgIpc) is 2.80. The summed E-state index contributed by atoms with van der Waals surface area (Å²) in [5.74, 6) is -2.26. The number of allylic oxidation sites excluding steroid dienone is 2. The van der Waals surface area contributed by atoms with Gasteiger partial charge in [-0.2, -0.15) is 0 Å². The van der Waals surface area contributed by atoms with Crippen molar-refractivity contribution in [1.82, 2.24) is 0 Å². The fraction of sp³-hybridized carbons (Fsp3) is 0.737. The highest BCUT2D eigenvalue weighted by Crippen LogP contribution is 2.64. The van der Waals surface area contributed by atoms with Crippen molar-refractivity contribution in [3.05, 3.63) is 11.9 Å². The molecule has 5 heteroatoms. The third-order valence-electron chi connectivity index (χ3n) is 7.68. The minimum Gasteiger partial charge on any atom is -0.301 e. The van der Waals surface area contributed by atoms with E-state index in [2.05, 4.69) is 0 Å². The van der Waals surface area contributed by atoms with Gasteiger partial charge >= 0.3 is 0 Å². The van der Waals surface area contributed by atoms with Gasteiger partial charge in [0.2, 0.25) is 5.78 Å². The lowest BCUT2D eigenvalue weighted by Gasteiger charge is -2.58. The second-order valence-corrected chi connectivity index (χ2v) is 8.63. The summed E-state index contributed by atoms with van der Waals surface area (Å²) in [5, 5.41) is 8.00. The molecule has 0 aromatic heterocycles. The van der Waals surface area contributed by atoms with E-state index in [0.717, 1.165) is 19.3 Å². The second kappa shape index (κ2) is 4.83.